The molecule has 1 saturated heterocycles. The van der Waals surface area contributed by atoms with E-state index in [1.54, 1.807) is 0 Å². The van der Waals surface area contributed by atoms with Crippen molar-refractivity contribution in [2.45, 2.75) is 24.5 Å². The number of phosphoric acid groups is 2. The summed E-state index contributed by atoms with van der Waals surface area (Å²) in [4.78, 5) is 48.0. The van der Waals surface area contributed by atoms with E-state index in [0.717, 1.165) is 12.7 Å². The molecule has 0 spiro atoms. The van der Waals surface area contributed by atoms with E-state index in [1.807, 2.05) is 0 Å². The van der Waals surface area contributed by atoms with Crippen LogP contribution < -0.4 is 5.56 Å². The van der Waals surface area contributed by atoms with Crippen molar-refractivity contribution >= 4 is 26.8 Å². The maximum Gasteiger partial charge on any atom is 0.481 e. The minimum absolute atomic E-state index is 0.0441. The highest BCUT2D eigenvalue weighted by molar-refractivity contribution is 7.60. The van der Waals surface area contributed by atoms with Crippen LogP contribution in [0.15, 0.2) is 17.4 Å². The van der Waals surface area contributed by atoms with Crippen LogP contribution in [0.4, 0.5) is 0 Å². The molecule has 0 bridgehead atoms. The van der Waals surface area contributed by atoms with Gasteiger partial charge in [-0.2, -0.15) is 4.31 Å². The fourth-order valence-electron chi connectivity index (χ4n) is 2.47. The molecule has 0 aliphatic carbocycles. The van der Waals surface area contributed by atoms with Crippen LogP contribution in [0.25, 0.3) is 11.2 Å². The first-order valence-electron chi connectivity index (χ1n) is 7.14. The molecule has 3 heterocycles. The van der Waals surface area contributed by atoms with Crippen LogP contribution in [0.2, 0.25) is 0 Å². The van der Waals surface area contributed by atoms with Gasteiger partial charge in [0, 0.05) is 0 Å². The first-order valence-corrected chi connectivity index (χ1v) is 10.2. The van der Waals surface area contributed by atoms with Gasteiger partial charge in [-0.15, -0.1) is 0 Å². The lowest BCUT2D eigenvalue weighted by atomic mass is 10.1. The lowest BCUT2D eigenvalue weighted by Crippen LogP contribution is -2.33. The van der Waals surface area contributed by atoms with Gasteiger partial charge in [-0.05, 0) is 0 Å². The van der Waals surface area contributed by atoms with E-state index in [1.165, 1.54) is 4.57 Å². The lowest BCUT2D eigenvalue weighted by Gasteiger charge is -2.17. The Morgan fingerprint density at radius 3 is 2.59 bits per heavy atom. The molecule has 6 N–H and O–H groups in total. The Morgan fingerprint density at radius 1 is 1.22 bits per heavy atom. The maximum atomic E-state index is 11.7. The Balaban J connectivity index is 1.76. The number of fused-ring (bicyclic) bond motifs is 1. The molecule has 0 amide bonds. The second-order valence-electron chi connectivity index (χ2n) is 5.44. The van der Waals surface area contributed by atoms with Crippen LogP contribution in [0, 0.1) is 0 Å². The predicted molar refractivity (Wildman–Crippen MR) is 83.0 cm³/mol. The first-order chi connectivity index (χ1) is 12.5. The smallest absolute Gasteiger partial charge is 0.387 e. The monoisotopic (exact) mass is 428 g/mol. The fraction of sp³-hybridized carbons (Fsp3) is 0.500. The quantitative estimate of drug-likeness (QED) is 0.273. The van der Waals surface area contributed by atoms with Gasteiger partial charge in [-0.1, -0.05) is 0 Å². The molecule has 1 aliphatic rings. The number of hydrogen-bond donors (Lipinski definition) is 6. The summed E-state index contributed by atoms with van der Waals surface area (Å²) in [7, 11) is -10.5. The van der Waals surface area contributed by atoms with Gasteiger partial charge in [-0.3, -0.25) is 13.9 Å². The maximum absolute atomic E-state index is 11.7. The molecule has 0 saturated carbocycles. The Labute approximate surface area is 149 Å². The van der Waals surface area contributed by atoms with Gasteiger partial charge in [0.2, 0.25) is 0 Å². The zero-order valence-corrected chi connectivity index (χ0v) is 14.9. The minimum atomic E-state index is -5.30. The van der Waals surface area contributed by atoms with Crippen molar-refractivity contribution in [2.75, 3.05) is 6.61 Å². The van der Waals surface area contributed by atoms with Gasteiger partial charge in [0.1, 0.15) is 18.3 Å². The fourth-order valence-corrected chi connectivity index (χ4v) is 4.07. The summed E-state index contributed by atoms with van der Waals surface area (Å²) in [5, 5.41) is 20.2. The Bertz CT molecular complexity index is 985. The summed E-state index contributed by atoms with van der Waals surface area (Å²) in [5.74, 6) is 0. The van der Waals surface area contributed by atoms with E-state index >= 15 is 0 Å². The van der Waals surface area contributed by atoms with Gasteiger partial charge in [-0.25, -0.2) is 19.1 Å². The van der Waals surface area contributed by atoms with Crippen molar-refractivity contribution in [2.24, 2.45) is 0 Å². The number of rotatable bonds is 6. The van der Waals surface area contributed by atoms with Crippen molar-refractivity contribution in [1.29, 1.82) is 0 Å². The van der Waals surface area contributed by atoms with Crippen molar-refractivity contribution in [3.05, 3.63) is 23.0 Å². The van der Waals surface area contributed by atoms with Crippen LogP contribution in [0.5, 0.6) is 0 Å². The van der Waals surface area contributed by atoms with E-state index in [2.05, 4.69) is 23.8 Å². The third kappa shape index (κ3) is 4.33. The summed E-state index contributed by atoms with van der Waals surface area (Å²) in [5.41, 5.74) is -0.533. The van der Waals surface area contributed by atoms with Crippen molar-refractivity contribution in [3.8, 4) is 0 Å². The standard InChI is InChI=1S/C10H14N4O11P2/c15-6-4(1-23-27(21,22)25-26(18,19)20)24-10(7(6)16)14-3-13-5-8(14)11-2-12-9(5)17/h2-4,6-7,10,15-16H,1H2,(H,21,22)(H,11,12,17)(H2,18,19,20). The number of nitrogens with one attached hydrogen (secondary N) is 1. The molecule has 3 rings (SSSR count). The number of imidazole rings is 1. The molecule has 150 valence electrons. The number of hydrogen-bond acceptors (Lipinski definition) is 10. The number of H-pyrrole nitrogens is 1. The van der Waals surface area contributed by atoms with Gasteiger partial charge in [0.15, 0.2) is 17.4 Å². The Morgan fingerprint density at radius 2 is 1.93 bits per heavy atom. The SMILES string of the molecule is O=c1[nH]cnc2c1ncn2C1OC(COP(=O)(O)OP(=O)(O)O)C(O)C1O. The normalized spacial score (nSPS) is 28.5. The van der Waals surface area contributed by atoms with Crippen molar-refractivity contribution in [1.82, 2.24) is 19.5 Å². The van der Waals surface area contributed by atoms with Crippen LogP contribution in [-0.4, -0.2) is 69.3 Å². The molecule has 1 fully saturated rings. The highest BCUT2D eigenvalue weighted by Crippen LogP contribution is 2.57. The van der Waals surface area contributed by atoms with E-state index in [-0.39, 0.29) is 11.2 Å². The average molecular weight is 428 g/mol. The molecule has 17 heteroatoms. The Kier molecular flexibility index (Phi) is 5.35. The molecule has 2 aromatic rings. The molecule has 5 atom stereocenters. The van der Waals surface area contributed by atoms with Gasteiger partial charge < -0.3 is 34.6 Å². The number of aromatic nitrogens is 4. The number of aromatic amines is 1. The highest BCUT2D eigenvalue weighted by atomic mass is 31.3. The van der Waals surface area contributed by atoms with Crippen molar-refractivity contribution < 1.29 is 47.6 Å². The minimum Gasteiger partial charge on any atom is -0.387 e. The second kappa shape index (κ2) is 7.14. The molecule has 27 heavy (non-hydrogen) atoms. The first kappa shape index (κ1) is 20.2. The van der Waals surface area contributed by atoms with E-state index in [0.29, 0.717) is 0 Å². The summed E-state index contributed by atoms with van der Waals surface area (Å²) in [6.45, 7) is -0.844. The lowest BCUT2D eigenvalue weighted by molar-refractivity contribution is -0.0503. The van der Waals surface area contributed by atoms with Gasteiger partial charge >= 0.3 is 15.6 Å². The van der Waals surface area contributed by atoms with Crippen molar-refractivity contribution in [3.63, 3.8) is 0 Å². The molecule has 0 aromatic carbocycles. The summed E-state index contributed by atoms with van der Waals surface area (Å²) >= 11 is 0. The van der Waals surface area contributed by atoms with E-state index in [9.17, 15) is 29.0 Å². The number of nitrogens with zero attached hydrogens (tertiary/aromatic N) is 3. The topological polar surface area (TPSA) is 227 Å². The second-order valence-corrected chi connectivity index (χ2v) is 8.27. The molecule has 15 nitrogen and oxygen atoms in total. The molecular formula is C10H14N4O11P2. The zero-order chi connectivity index (χ0) is 20.0. The average Bonchev–Trinajstić information content (AvgIpc) is 3.07. The largest absolute Gasteiger partial charge is 0.481 e. The van der Waals surface area contributed by atoms with Gasteiger partial charge in [0.25, 0.3) is 5.56 Å². The molecule has 0 radical (unpaired) electrons. The molecule has 1 aliphatic heterocycles. The summed E-state index contributed by atoms with van der Waals surface area (Å²) < 4.78 is 36.6. The molecule has 5 unspecified atom stereocenters. The number of aliphatic hydroxyl groups excluding tert-OH is 2. The van der Waals surface area contributed by atoms with Crippen LogP contribution in [0.3, 0.4) is 0 Å². The van der Waals surface area contributed by atoms with Crippen LogP contribution >= 0.6 is 15.6 Å². The molecule has 2 aromatic heterocycles. The zero-order valence-electron chi connectivity index (χ0n) is 13.1. The number of phosphoric ester groups is 1. The van der Waals surface area contributed by atoms with Gasteiger partial charge in [0.05, 0.1) is 19.3 Å². The van der Waals surface area contributed by atoms with E-state index < -0.39 is 52.4 Å². The number of ether oxygens (including phenoxy) is 1. The third-order valence-corrected chi connectivity index (χ3v) is 5.74. The highest BCUT2D eigenvalue weighted by Gasteiger charge is 2.46. The number of aliphatic hydroxyl groups is 2. The Hall–Kier alpha value is -1.51. The van der Waals surface area contributed by atoms with Crippen LogP contribution in [0.1, 0.15) is 6.23 Å². The summed E-state index contributed by atoms with van der Waals surface area (Å²) in [6.07, 6.45) is -3.56. The van der Waals surface area contributed by atoms with E-state index in [4.69, 9.17) is 14.5 Å². The third-order valence-electron chi connectivity index (χ3n) is 3.59. The summed E-state index contributed by atoms with van der Waals surface area (Å²) in [6, 6.07) is 0. The molecular weight excluding hydrogens is 414 g/mol. The van der Waals surface area contributed by atoms with Crippen LogP contribution in [-0.2, 0) is 22.7 Å². The predicted octanol–water partition coefficient (Wildman–Crippen LogP) is -2.03.